The molecule has 4 N–H and O–H groups in total. The molecule has 0 bridgehead atoms. The van der Waals surface area contributed by atoms with E-state index >= 15 is 0 Å². The summed E-state index contributed by atoms with van der Waals surface area (Å²) in [5, 5.41) is 9.30. The van der Waals surface area contributed by atoms with Gasteiger partial charge in [-0.2, -0.15) is 5.10 Å². The maximum absolute atomic E-state index is 11.6. The van der Waals surface area contributed by atoms with Crippen molar-refractivity contribution in [2.24, 2.45) is 5.73 Å². The van der Waals surface area contributed by atoms with Crippen LogP contribution in [-0.4, -0.2) is 35.9 Å². The second-order valence-electron chi connectivity index (χ2n) is 3.50. The van der Waals surface area contributed by atoms with Gasteiger partial charge in [0.25, 0.3) is 0 Å². The highest BCUT2D eigenvalue weighted by atomic mass is 16.5. The van der Waals surface area contributed by atoms with Crippen molar-refractivity contribution >= 4 is 11.7 Å². The van der Waals surface area contributed by atoms with Gasteiger partial charge in [0.2, 0.25) is 5.91 Å². The molecule has 1 rings (SSSR count). The molecule has 6 nitrogen and oxygen atoms in total. The van der Waals surface area contributed by atoms with E-state index in [1.165, 1.54) is 0 Å². The minimum atomic E-state index is -0.562. The van der Waals surface area contributed by atoms with Crippen LogP contribution in [0.3, 0.4) is 0 Å². The minimum Gasteiger partial charge on any atom is -0.385 e. The van der Waals surface area contributed by atoms with E-state index in [2.05, 4.69) is 15.5 Å². The van der Waals surface area contributed by atoms with E-state index in [0.29, 0.717) is 18.8 Å². The number of H-pyrrole nitrogens is 1. The van der Waals surface area contributed by atoms with Crippen molar-refractivity contribution in [1.82, 2.24) is 10.2 Å². The third-order valence-corrected chi connectivity index (χ3v) is 2.32. The molecule has 0 aromatic carbocycles. The van der Waals surface area contributed by atoms with Crippen LogP contribution in [-0.2, 0) is 16.0 Å². The van der Waals surface area contributed by atoms with Crippen LogP contribution in [0.4, 0.5) is 5.82 Å². The number of hydrogen-bond acceptors (Lipinski definition) is 4. The molecule has 0 radical (unpaired) electrons. The highest BCUT2D eigenvalue weighted by Crippen LogP contribution is 2.11. The summed E-state index contributed by atoms with van der Waals surface area (Å²) < 4.78 is 4.86. The molecule has 0 aliphatic carbocycles. The molecule has 1 atom stereocenters. The molecule has 0 fully saturated rings. The normalized spacial score (nSPS) is 12.4. The van der Waals surface area contributed by atoms with Crippen LogP contribution in [0.25, 0.3) is 0 Å². The van der Waals surface area contributed by atoms with Gasteiger partial charge in [0.1, 0.15) is 5.82 Å². The summed E-state index contributed by atoms with van der Waals surface area (Å²) in [5.41, 5.74) is 6.65. The van der Waals surface area contributed by atoms with Crippen molar-refractivity contribution in [3.63, 3.8) is 0 Å². The van der Waals surface area contributed by atoms with E-state index in [4.69, 9.17) is 10.5 Å². The Morgan fingerprint density at radius 3 is 3.12 bits per heavy atom. The van der Waals surface area contributed by atoms with Gasteiger partial charge in [0.15, 0.2) is 0 Å². The Morgan fingerprint density at radius 2 is 2.50 bits per heavy atom. The van der Waals surface area contributed by atoms with Gasteiger partial charge >= 0.3 is 0 Å². The van der Waals surface area contributed by atoms with Crippen LogP contribution in [0.15, 0.2) is 6.20 Å². The summed E-state index contributed by atoms with van der Waals surface area (Å²) in [5.74, 6) is 0.399. The standard InChI is InChI=1S/C10H18N4O2/c1-3-7-6-12-14-9(7)13-10(15)8(11)4-5-16-2/h6,8H,3-5,11H2,1-2H3,(H2,12,13,14,15). The zero-order valence-electron chi connectivity index (χ0n) is 9.62. The highest BCUT2D eigenvalue weighted by Gasteiger charge is 2.15. The van der Waals surface area contributed by atoms with E-state index in [-0.39, 0.29) is 5.91 Å². The molecule has 0 saturated heterocycles. The Labute approximate surface area is 94.5 Å². The molecule has 0 aliphatic heterocycles. The number of hydrogen-bond donors (Lipinski definition) is 3. The Balaban J connectivity index is 2.50. The predicted octanol–water partition coefficient (Wildman–Crippen LogP) is 0.274. The number of nitrogens with two attached hydrogens (primary N) is 1. The number of aromatic nitrogens is 2. The fourth-order valence-corrected chi connectivity index (χ4v) is 1.28. The summed E-state index contributed by atoms with van der Waals surface area (Å²) in [4.78, 5) is 11.6. The number of rotatable bonds is 6. The molecule has 90 valence electrons. The number of anilines is 1. The number of methoxy groups -OCH3 is 1. The summed E-state index contributed by atoms with van der Waals surface area (Å²) >= 11 is 0. The molecular formula is C10H18N4O2. The van der Waals surface area contributed by atoms with Gasteiger partial charge in [0, 0.05) is 19.3 Å². The lowest BCUT2D eigenvalue weighted by molar-refractivity contribution is -0.117. The van der Waals surface area contributed by atoms with Gasteiger partial charge < -0.3 is 15.8 Å². The molecule has 1 amide bonds. The molecule has 0 spiro atoms. The van der Waals surface area contributed by atoms with Gasteiger partial charge in [-0.25, -0.2) is 0 Å². The largest absolute Gasteiger partial charge is 0.385 e. The monoisotopic (exact) mass is 226 g/mol. The lowest BCUT2D eigenvalue weighted by Gasteiger charge is -2.11. The fourth-order valence-electron chi connectivity index (χ4n) is 1.28. The first-order valence-electron chi connectivity index (χ1n) is 5.26. The van der Waals surface area contributed by atoms with Crippen molar-refractivity contribution in [2.75, 3.05) is 19.0 Å². The SMILES string of the molecule is CCc1cn[nH]c1NC(=O)C(N)CCOC. The van der Waals surface area contributed by atoms with Crippen LogP contribution in [0.2, 0.25) is 0 Å². The van der Waals surface area contributed by atoms with Crippen LogP contribution in [0, 0.1) is 0 Å². The second-order valence-corrected chi connectivity index (χ2v) is 3.50. The maximum Gasteiger partial charge on any atom is 0.242 e. The zero-order valence-corrected chi connectivity index (χ0v) is 9.62. The number of carbonyl (C=O) groups excluding carboxylic acids is 1. The van der Waals surface area contributed by atoms with Crippen LogP contribution in [0.5, 0.6) is 0 Å². The lowest BCUT2D eigenvalue weighted by atomic mass is 10.2. The second kappa shape index (κ2) is 6.24. The minimum absolute atomic E-state index is 0.226. The molecule has 16 heavy (non-hydrogen) atoms. The number of aromatic amines is 1. The summed E-state index contributed by atoms with van der Waals surface area (Å²) in [6, 6.07) is -0.562. The number of aryl methyl sites for hydroxylation is 1. The summed E-state index contributed by atoms with van der Waals surface area (Å²) in [6.07, 6.45) is 2.99. The fraction of sp³-hybridized carbons (Fsp3) is 0.600. The molecule has 1 unspecified atom stereocenters. The Hall–Kier alpha value is -1.40. The number of amides is 1. The highest BCUT2D eigenvalue weighted by molar-refractivity contribution is 5.94. The predicted molar refractivity (Wildman–Crippen MR) is 61.1 cm³/mol. The van der Waals surface area contributed by atoms with E-state index in [1.807, 2.05) is 6.92 Å². The molecule has 1 heterocycles. The molecular weight excluding hydrogens is 208 g/mol. The van der Waals surface area contributed by atoms with Crippen LogP contribution in [0.1, 0.15) is 18.9 Å². The first kappa shape index (κ1) is 12.7. The van der Waals surface area contributed by atoms with E-state index < -0.39 is 6.04 Å². The molecule has 1 aromatic rings. The third kappa shape index (κ3) is 3.32. The molecule has 0 aliphatic rings. The Kier molecular flexibility index (Phi) is 4.94. The Bertz CT molecular complexity index is 337. The smallest absolute Gasteiger partial charge is 0.242 e. The van der Waals surface area contributed by atoms with Gasteiger partial charge in [-0.1, -0.05) is 6.92 Å². The quantitative estimate of drug-likeness (QED) is 0.649. The van der Waals surface area contributed by atoms with Gasteiger partial charge in [0.05, 0.1) is 12.2 Å². The van der Waals surface area contributed by atoms with E-state index in [0.717, 1.165) is 12.0 Å². The van der Waals surface area contributed by atoms with Crippen molar-refractivity contribution in [1.29, 1.82) is 0 Å². The third-order valence-electron chi connectivity index (χ3n) is 2.32. The topological polar surface area (TPSA) is 93.0 Å². The van der Waals surface area contributed by atoms with Crippen molar-refractivity contribution in [2.45, 2.75) is 25.8 Å². The average Bonchev–Trinajstić information content (AvgIpc) is 2.72. The van der Waals surface area contributed by atoms with E-state index in [9.17, 15) is 4.79 Å². The van der Waals surface area contributed by atoms with Gasteiger partial charge in [-0.3, -0.25) is 9.89 Å². The van der Waals surface area contributed by atoms with Crippen LogP contribution >= 0.6 is 0 Å². The average molecular weight is 226 g/mol. The van der Waals surface area contributed by atoms with E-state index in [1.54, 1.807) is 13.3 Å². The maximum atomic E-state index is 11.6. The lowest BCUT2D eigenvalue weighted by Crippen LogP contribution is -2.36. The number of nitrogens with zero attached hydrogens (tertiary/aromatic N) is 1. The molecule has 1 aromatic heterocycles. The summed E-state index contributed by atoms with van der Waals surface area (Å²) in [6.45, 7) is 2.46. The first-order valence-corrected chi connectivity index (χ1v) is 5.26. The van der Waals surface area contributed by atoms with Crippen molar-refractivity contribution in [3.8, 4) is 0 Å². The number of ether oxygens (including phenoxy) is 1. The molecule has 6 heteroatoms. The summed E-state index contributed by atoms with van der Waals surface area (Å²) in [7, 11) is 1.58. The zero-order chi connectivity index (χ0) is 12.0. The van der Waals surface area contributed by atoms with Gasteiger partial charge in [-0.15, -0.1) is 0 Å². The van der Waals surface area contributed by atoms with Gasteiger partial charge in [-0.05, 0) is 12.8 Å². The van der Waals surface area contributed by atoms with Crippen molar-refractivity contribution in [3.05, 3.63) is 11.8 Å². The van der Waals surface area contributed by atoms with Crippen LogP contribution < -0.4 is 11.1 Å². The van der Waals surface area contributed by atoms with Crippen molar-refractivity contribution < 1.29 is 9.53 Å². The molecule has 0 saturated carbocycles. The number of nitrogens with one attached hydrogen (secondary N) is 2. The Morgan fingerprint density at radius 1 is 1.75 bits per heavy atom. The first-order chi connectivity index (χ1) is 7.69. The number of carbonyl (C=O) groups is 1.